The highest BCUT2D eigenvalue weighted by molar-refractivity contribution is 7.79. The summed E-state index contributed by atoms with van der Waals surface area (Å²) < 4.78 is 33.5. The molecule has 1 unspecified atom stereocenters. The molecule has 0 radical (unpaired) electrons. The average Bonchev–Trinajstić information content (AvgIpc) is 2.68. The summed E-state index contributed by atoms with van der Waals surface area (Å²) >= 11 is -2.23. The first kappa shape index (κ1) is 19.7. The number of aromatic nitrogens is 1. The van der Waals surface area contributed by atoms with Crippen LogP contribution in [-0.2, 0) is 17.6 Å². The summed E-state index contributed by atoms with van der Waals surface area (Å²) in [7, 11) is 1.79. The molecule has 6 nitrogen and oxygen atoms in total. The number of halogens is 1. The Hall–Kier alpha value is -3.10. The molecule has 1 aromatic heterocycles. The van der Waals surface area contributed by atoms with E-state index in [0.717, 1.165) is 5.69 Å². The third kappa shape index (κ3) is 4.08. The van der Waals surface area contributed by atoms with E-state index in [1.165, 1.54) is 36.5 Å². The van der Waals surface area contributed by atoms with Gasteiger partial charge in [0.05, 0.1) is 10.6 Å². The second-order valence-corrected chi connectivity index (χ2v) is 7.08. The molecular formula is C20H17FN2O4S. The van der Waals surface area contributed by atoms with Crippen molar-refractivity contribution in [2.45, 2.75) is 11.4 Å². The molecule has 0 amide bonds. The van der Waals surface area contributed by atoms with E-state index in [0.29, 0.717) is 28.7 Å². The van der Waals surface area contributed by atoms with E-state index >= 15 is 0 Å². The van der Waals surface area contributed by atoms with Gasteiger partial charge in [0.2, 0.25) is 0 Å². The molecule has 0 aliphatic rings. The third-order valence-electron chi connectivity index (χ3n) is 4.31. The van der Waals surface area contributed by atoms with Gasteiger partial charge in [0, 0.05) is 42.2 Å². The van der Waals surface area contributed by atoms with Gasteiger partial charge >= 0.3 is 0 Å². The van der Waals surface area contributed by atoms with Crippen molar-refractivity contribution in [2.24, 2.45) is 0 Å². The molecule has 8 heteroatoms. The Bertz CT molecular complexity index is 1040. The molecule has 0 saturated carbocycles. The SMILES string of the molecule is CN(Cc1c(C=O)ccnc1-c1ccc(S(=O)O)cc1O)c1ccc(F)cc1. The topological polar surface area (TPSA) is 90.7 Å². The molecule has 3 aromatic rings. The van der Waals surface area contributed by atoms with Crippen molar-refractivity contribution in [1.29, 1.82) is 0 Å². The van der Waals surface area contributed by atoms with Gasteiger partial charge in [-0.25, -0.2) is 8.60 Å². The Kier molecular flexibility index (Phi) is 5.81. The van der Waals surface area contributed by atoms with Crippen LogP contribution in [0.15, 0.2) is 59.6 Å². The van der Waals surface area contributed by atoms with Crippen LogP contribution in [0.3, 0.4) is 0 Å². The number of benzene rings is 2. The van der Waals surface area contributed by atoms with Crippen molar-refractivity contribution < 1.29 is 23.1 Å². The fourth-order valence-corrected chi connectivity index (χ4v) is 3.26. The third-order valence-corrected chi connectivity index (χ3v) is 4.96. The predicted octanol–water partition coefficient (Wildman–Crippen LogP) is 3.62. The highest BCUT2D eigenvalue weighted by Crippen LogP contribution is 2.33. The number of aldehydes is 1. The van der Waals surface area contributed by atoms with Crippen LogP contribution in [0.2, 0.25) is 0 Å². The summed E-state index contributed by atoms with van der Waals surface area (Å²) in [5.74, 6) is -0.569. The zero-order valence-corrected chi connectivity index (χ0v) is 15.7. The number of hydrogen-bond acceptors (Lipinski definition) is 5. The van der Waals surface area contributed by atoms with Gasteiger partial charge in [0.1, 0.15) is 11.6 Å². The first-order valence-corrected chi connectivity index (χ1v) is 9.35. The number of phenols is 1. The number of carbonyl (C=O) groups is 1. The second kappa shape index (κ2) is 8.28. The van der Waals surface area contributed by atoms with Crippen LogP contribution in [0.1, 0.15) is 15.9 Å². The molecule has 2 aromatic carbocycles. The van der Waals surface area contributed by atoms with Gasteiger partial charge in [-0.15, -0.1) is 0 Å². The molecule has 1 atom stereocenters. The minimum atomic E-state index is -2.23. The van der Waals surface area contributed by atoms with Gasteiger partial charge in [-0.3, -0.25) is 9.78 Å². The van der Waals surface area contributed by atoms with Gasteiger partial charge in [-0.05, 0) is 48.5 Å². The van der Waals surface area contributed by atoms with Gasteiger partial charge < -0.3 is 14.6 Å². The van der Waals surface area contributed by atoms with Crippen LogP contribution in [0, 0.1) is 5.82 Å². The number of carbonyl (C=O) groups excluding carboxylic acids is 1. The van der Waals surface area contributed by atoms with Crippen LogP contribution in [0.5, 0.6) is 5.75 Å². The van der Waals surface area contributed by atoms with Gasteiger partial charge in [-0.1, -0.05) is 0 Å². The first-order valence-electron chi connectivity index (χ1n) is 8.24. The van der Waals surface area contributed by atoms with Crippen molar-refractivity contribution in [2.75, 3.05) is 11.9 Å². The number of pyridine rings is 1. The summed E-state index contributed by atoms with van der Waals surface area (Å²) in [4.78, 5) is 17.8. The lowest BCUT2D eigenvalue weighted by Crippen LogP contribution is -2.18. The molecule has 0 fully saturated rings. The van der Waals surface area contributed by atoms with E-state index in [9.17, 15) is 23.1 Å². The lowest BCUT2D eigenvalue weighted by Gasteiger charge is -2.22. The Labute approximate surface area is 163 Å². The number of anilines is 1. The number of nitrogens with zero attached hydrogens (tertiary/aromatic N) is 2. The highest BCUT2D eigenvalue weighted by Gasteiger charge is 2.17. The summed E-state index contributed by atoms with van der Waals surface area (Å²) in [5.41, 5.74) is 2.42. The number of hydrogen-bond donors (Lipinski definition) is 2. The summed E-state index contributed by atoms with van der Waals surface area (Å²) in [6.07, 6.45) is 2.16. The van der Waals surface area contributed by atoms with E-state index in [1.54, 1.807) is 25.2 Å². The Morgan fingerprint density at radius 3 is 2.50 bits per heavy atom. The summed E-state index contributed by atoms with van der Waals surface area (Å²) in [6.45, 7) is 0.274. The number of aromatic hydroxyl groups is 1. The van der Waals surface area contributed by atoms with Crippen molar-refractivity contribution in [1.82, 2.24) is 4.98 Å². The Balaban J connectivity index is 2.05. The zero-order chi connectivity index (χ0) is 20.3. The zero-order valence-electron chi connectivity index (χ0n) is 14.9. The summed E-state index contributed by atoms with van der Waals surface area (Å²) in [5, 5.41) is 10.3. The van der Waals surface area contributed by atoms with Crippen LogP contribution in [-0.4, -0.2) is 32.2 Å². The molecule has 1 heterocycles. The van der Waals surface area contributed by atoms with Crippen LogP contribution in [0.25, 0.3) is 11.3 Å². The molecule has 0 bridgehead atoms. The Morgan fingerprint density at radius 2 is 1.89 bits per heavy atom. The van der Waals surface area contributed by atoms with Crippen LogP contribution in [0.4, 0.5) is 10.1 Å². The Morgan fingerprint density at radius 1 is 1.18 bits per heavy atom. The molecule has 144 valence electrons. The van der Waals surface area contributed by atoms with E-state index in [1.807, 2.05) is 4.90 Å². The number of rotatable bonds is 6. The maximum atomic E-state index is 13.2. The van der Waals surface area contributed by atoms with Crippen LogP contribution >= 0.6 is 0 Å². The fourth-order valence-electron chi connectivity index (χ4n) is 2.86. The molecule has 3 rings (SSSR count). The quantitative estimate of drug-likeness (QED) is 0.485. The van der Waals surface area contributed by atoms with E-state index in [2.05, 4.69) is 4.98 Å². The van der Waals surface area contributed by atoms with Gasteiger partial charge in [-0.2, -0.15) is 0 Å². The lowest BCUT2D eigenvalue weighted by atomic mass is 10.00. The normalized spacial score (nSPS) is 11.8. The average molecular weight is 400 g/mol. The van der Waals surface area contributed by atoms with Crippen molar-refractivity contribution in [3.63, 3.8) is 0 Å². The molecule has 28 heavy (non-hydrogen) atoms. The highest BCUT2D eigenvalue weighted by atomic mass is 32.2. The van der Waals surface area contributed by atoms with Crippen molar-refractivity contribution in [3.05, 3.63) is 71.7 Å². The molecule has 2 N–H and O–H groups in total. The number of phenolic OH excluding ortho intramolecular Hbond substituents is 1. The van der Waals surface area contributed by atoms with Crippen molar-refractivity contribution in [3.8, 4) is 17.0 Å². The predicted molar refractivity (Wildman–Crippen MR) is 104 cm³/mol. The monoisotopic (exact) mass is 400 g/mol. The molecule has 0 spiro atoms. The molecule has 0 aliphatic heterocycles. The fraction of sp³-hybridized carbons (Fsp3) is 0.100. The molecular weight excluding hydrogens is 383 g/mol. The maximum Gasteiger partial charge on any atom is 0.186 e. The molecule has 0 aliphatic carbocycles. The second-order valence-electron chi connectivity index (χ2n) is 6.11. The van der Waals surface area contributed by atoms with Crippen LogP contribution < -0.4 is 4.90 Å². The molecule has 0 saturated heterocycles. The van der Waals surface area contributed by atoms with Gasteiger partial charge in [0.15, 0.2) is 17.4 Å². The van der Waals surface area contributed by atoms with Gasteiger partial charge in [0.25, 0.3) is 0 Å². The standard InChI is InChI=1S/C20H17FN2O4S/c1-23(15-4-2-14(21)3-5-15)11-18-13(12-24)8-9-22-20(18)17-7-6-16(28(26)27)10-19(17)25/h2-10,12,25H,11H2,1H3,(H,26,27). The smallest absolute Gasteiger partial charge is 0.186 e. The van der Waals surface area contributed by atoms with E-state index < -0.39 is 11.1 Å². The van der Waals surface area contributed by atoms with E-state index in [4.69, 9.17) is 0 Å². The minimum Gasteiger partial charge on any atom is -0.507 e. The largest absolute Gasteiger partial charge is 0.507 e. The summed E-state index contributed by atoms with van der Waals surface area (Å²) in [6, 6.07) is 11.6. The van der Waals surface area contributed by atoms with Crippen molar-refractivity contribution >= 4 is 23.1 Å². The maximum absolute atomic E-state index is 13.2. The van der Waals surface area contributed by atoms with E-state index in [-0.39, 0.29) is 23.0 Å². The minimum absolute atomic E-state index is 0.0535. The first-order chi connectivity index (χ1) is 13.4. The lowest BCUT2D eigenvalue weighted by molar-refractivity contribution is 0.112.